The number of hydrogen-bond acceptors (Lipinski definition) is 2. The number of hydrogen-bond donors (Lipinski definition) is 2. The normalized spacial score (nSPS) is 10.8. The maximum absolute atomic E-state index is 9.53. The van der Waals surface area contributed by atoms with Crippen LogP contribution < -0.4 is 5.30 Å². The SMILES string of the molecule is N=Pc1ccc(O)c2ccccc12. The molecule has 0 amide bonds. The lowest BCUT2D eigenvalue weighted by molar-refractivity contribution is 0.482. The van der Waals surface area contributed by atoms with Gasteiger partial charge >= 0.3 is 0 Å². The number of rotatable bonds is 1. The number of phenols is 1. The van der Waals surface area contributed by atoms with Crippen LogP contribution in [-0.2, 0) is 0 Å². The zero-order valence-corrected chi connectivity index (χ0v) is 7.75. The van der Waals surface area contributed by atoms with Gasteiger partial charge in [-0.3, -0.25) is 5.16 Å². The van der Waals surface area contributed by atoms with Crippen LogP contribution in [0, 0.1) is 5.16 Å². The van der Waals surface area contributed by atoms with E-state index in [-0.39, 0.29) is 5.75 Å². The molecule has 0 aliphatic carbocycles. The second-order valence-electron chi connectivity index (χ2n) is 2.76. The fourth-order valence-corrected chi connectivity index (χ4v) is 1.83. The van der Waals surface area contributed by atoms with Gasteiger partial charge in [0.05, 0.1) is 0 Å². The lowest BCUT2D eigenvalue weighted by Gasteiger charge is -2.02. The van der Waals surface area contributed by atoms with E-state index in [0.717, 1.165) is 16.1 Å². The van der Waals surface area contributed by atoms with Gasteiger partial charge in [0.15, 0.2) is 0 Å². The molecule has 0 aromatic heterocycles. The Morgan fingerprint density at radius 2 is 1.69 bits per heavy atom. The van der Waals surface area contributed by atoms with Crippen LogP contribution in [0.25, 0.3) is 10.8 Å². The summed E-state index contributed by atoms with van der Waals surface area (Å²) in [6.45, 7) is 0. The average molecular weight is 189 g/mol. The van der Waals surface area contributed by atoms with Gasteiger partial charge in [-0.25, -0.2) is 0 Å². The maximum atomic E-state index is 9.53. The molecular weight excluding hydrogens is 181 g/mol. The van der Waals surface area contributed by atoms with Crippen LogP contribution >= 0.6 is 8.37 Å². The molecule has 13 heavy (non-hydrogen) atoms. The summed E-state index contributed by atoms with van der Waals surface area (Å²) >= 11 is 0. The molecule has 0 heterocycles. The molecule has 0 saturated carbocycles. The highest BCUT2D eigenvalue weighted by Crippen LogP contribution is 2.24. The Morgan fingerprint density at radius 3 is 2.38 bits per heavy atom. The molecule has 0 bridgehead atoms. The Kier molecular flexibility index (Phi) is 1.99. The second kappa shape index (κ2) is 3.15. The summed E-state index contributed by atoms with van der Waals surface area (Å²) in [7, 11) is 0.482. The second-order valence-corrected chi connectivity index (χ2v) is 3.47. The van der Waals surface area contributed by atoms with Crippen molar-refractivity contribution in [2.45, 2.75) is 0 Å². The van der Waals surface area contributed by atoms with Crippen molar-refractivity contribution in [3.05, 3.63) is 36.4 Å². The Bertz CT molecular complexity index is 467. The van der Waals surface area contributed by atoms with Gasteiger partial charge < -0.3 is 5.11 Å². The van der Waals surface area contributed by atoms with Gasteiger partial charge in [0, 0.05) is 19.1 Å². The van der Waals surface area contributed by atoms with E-state index >= 15 is 0 Å². The summed E-state index contributed by atoms with van der Waals surface area (Å²) in [5.41, 5.74) is 0. The first-order valence-corrected chi connectivity index (χ1v) is 4.80. The highest BCUT2D eigenvalue weighted by molar-refractivity contribution is 7.36. The highest BCUT2D eigenvalue weighted by Gasteiger charge is 2.01. The molecule has 2 N–H and O–H groups in total. The molecular formula is C10H8NOP. The fraction of sp³-hybridized carbons (Fsp3) is 0. The molecule has 2 rings (SSSR count). The molecule has 0 fully saturated rings. The topological polar surface area (TPSA) is 44.1 Å². The minimum Gasteiger partial charge on any atom is -0.507 e. The van der Waals surface area contributed by atoms with E-state index in [1.165, 1.54) is 0 Å². The van der Waals surface area contributed by atoms with Crippen molar-refractivity contribution in [2.24, 2.45) is 0 Å². The monoisotopic (exact) mass is 189 g/mol. The molecule has 0 unspecified atom stereocenters. The van der Waals surface area contributed by atoms with E-state index in [1.807, 2.05) is 24.3 Å². The summed E-state index contributed by atoms with van der Waals surface area (Å²) < 4.78 is 0. The Morgan fingerprint density at radius 1 is 1.00 bits per heavy atom. The van der Waals surface area contributed by atoms with Crippen LogP contribution in [0.1, 0.15) is 0 Å². The van der Waals surface area contributed by atoms with Gasteiger partial charge in [-0.05, 0) is 17.5 Å². The molecule has 2 aromatic rings. The quantitative estimate of drug-likeness (QED) is 0.665. The van der Waals surface area contributed by atoms with Crippen molar-refractivity contribution in [3.63, 3.8) is 0 Å². The first-order chi connectivity index (χ1) is 6.33. The van der Waals surface area contributed by atoms with Crippen molar-refractivity contribution < 1.29 is 5.11 Å². The van der Waals surface area contributed by atoms with Gasteiger partial charge in [0.25, 0.3) is 0 Å². The fourth-order valence-electron chi connectivity index (χ4n) is 1.36. The van der Waals surface area contributed by atoms with Crippen molar-refractivity contribution >= 4 is 24.4 Å². The minimum absolute atomic E-state index is 0.281. The zero-order chi connectivity index (χ0) is 9.26. The third-order valence-corrected chi connectivity index (χ3v) is 2.63. The molecule has 0 saturated heterocycles. The van der Waals surface area contributed by atoms with E-state index in [9.17, 15) is 5.11 Å². The highest BCUT2D eigenvalue weighted by atomic mass is 31.1. The smallest absolute Gasteiger partial charge is 0.123 e. The average Bonchev–Trinajstić information content (AvgIpc) is 2.19. The van der Waals surface area contributed by atoms with Gasteiger partial charge in [0.2, 0.25) is 0 Å². The van der Waals surface area contributed by atoms with Gasteiger partial charge in [-0.2, -0.15) is 0 Å². The summed E-state index contributed by atoms with van der Waals surface area (Å²) in [5, 5.41) is 19.5. The number of phenolic OH excluding ortho intramolecular Hbond substituents is 1. The van der Waals surface area contributed by atoms with Crippen molar-refractivity contribution in [1.29, 1.82) is 5.16 Å². The van der Waals surface area contributed by atoms with Crippen molar-refractivity contribution in [3.8, 4) is 5.75 Å². The summed E-state index contributed by atoms with van der Waals surface area (Å²) in [4.78, 5) is 0. The number of nitrogens with one attached hydrogen (secondary N) is 1. The molecule has 0 spiro atoms. The van der Waals surface area contributed by atoms with E-state index < -0.39 is 0 Å². The van der Waals surface area contributed by atoms with Crippen molar-refractivity contribution in [2.75, 3.05) is 0 Å². The first kappa shape index (κ1) is 8.21. The zero-order valence-electron chi connectivity index (χ0n) is 6.86. The van der Waals surface area contributed by atoms with Crippen LogP contribution in [0.5, 0.6) is 5.75 Å². The Balaban J connectivity index is 2.92. The molecule has 3 heteroatoms. The lowest BCUT2D eigenvalue weighted by atomic mass is 10.1. The van der Waals surface area contributed by atoms with Crippen LogP contribution in [0.4, 0.5) is 0 Å². The summed E-state index contributed by atoms with van der Waals surface area (Å²) in [5.74, 6) is 0.281. The molecule has 0 atom stereocenters. The molecule has 2 aromatic carbocycles. The maximum Gasteiger partial charge on any atom is 0.123 e. The Hall–Kier alpha value is -1.40. The number of fused-ring (bicyclic) bond motifs is 1. The van der Waals surface area contributed by atoms with E-state index in [2.05, 4.69) is 0 Å². The standard InChI is InChI=1S/C10H8NOP/c11-13-10-6-5-9(12)7-3-1-2-4-8(7)10/h1-6,11-12H. The van der Waals surface area contributed by atoms with Crippen LogP contribution in [0.2, 0.25) is 0 Å². The predicted molar refractivity (Wildman–Crippen MR) is 54.9 cm³/mol. The Labute approximate surface area is 77.5 Å². The molecule has 2 nitrogen and oxygen atoms in total. The summed E-state index contributed by atoms with van der Waals surface area (Å²) in [6, 6.07) is 11.0. The third kappa shape index (κ3) is 1.30. The van der Waals surface area contributed by atoms with E-state index in [0.29, 0.717) is 8.37 Å². The summed E-state index contributed by atoms with van der Waals surface area (Å²) in [6.07, 6.45) is 0. The number of benzene rings is 2. The molecule has 0 aliphatic rings. The molecule has 64 valence electrons. The van der Waals surface area contributed by atoms with Gasteiger partial charge in [-0.15, -0.1) is 0 Å². The predicted octanol–water partition coefficient (Wildman–Crippen LogP) is 2.88. The first-order valence-electron chi connectivity index (χ1n) is 3.91. The van der Waals surface area contributed by atoms with Crippen LogP contribution in [-0.4, -0.2) is 5.11 Å². The minimum atomic E-state index is 0.281. The number of aromatic hydroxyl groups is 1. The van der Waals surface area contributed by atoms with E-state index in [4.69, 9.17) is 5.16 Å². The van der Waals surface area contributed by atoms with Gasteiger partial charge in [-0.1, -0.05) is 24.3 Å². The van der Waals surface area contributed by atoms with Crippen molar-refractivity contribution in [1.82, 2.24) is 0 Å². The van der Waals surface area contributed by atoms with E-state index in [1.54, 1.807) is 12.1 Å². The van der Waals surface area contributed by atoms with Crippen LogP contribution in [0.15, 0.2) is 36.4 Å². The van der Waals surface area contributed by atoms with Gasteiger partial charge in [0.1, 0.15) is 5.75 Å². The lowest BCUT2D eigenvalue weighted by Crippen LogP contribution is -1.92. The molecule has 0 aliphatic heterocycles. The molecule has 0 radical (unpaired) electrons. The largest absolute Gasteiger partial charge is 0.507 e. The third-order valence-electron chi connectivity index (χ3n) is 2.00. The van der Waals surface area contributed by atoms with Crippen LogP contribution in [0.3, 0.4) is 0 Å².